The largest absolute Gasteiger partial charge is 0.417 e. The van der Waals surface area contributed by atoms with E-state index < -0.39 is 5.76 Å². The highest BCUT2D eigenvalue weighted by Gasteiger charge is 2.22. The first kappa shape index (κ1) is 17.6. The molecule has 1 unspecified atom stereocenters. The summed E-state index contributed by atoms with van der Waals surface area (Å²) in [4.78, 5) is 25.9. The molecule has 126 valence electrons. The lowest BCUT2D eigenvalue weighted by Gasteiger charge is -2.27. The van der Waals surface area contributed by atoms with Gasteiger partial charge in [0.1, 0.15) is 0 Å². The van der Waals surface area contributed by atoms with Crippen molar-refractivity contribution in [2.75, 3.05) is 18.4 Å². The molecule has 3 N–H and O–H groups in total. The molecule has 23 heavy (non-hydrogen) atoms. The van der Waals surface area contributed by atoms with Crippen molar-refractivity contribution in [2.24, 2.45) is 11.8 Å². The van der Waals surface area contributed by atoms with Crippen molar-refractivity contribution in [3.8, 4) is 0 Å². The molecule has 1 aromatic heterocycles. The van der Waals surface area contributed by atoms with E-state index in [0.717, 1.165) is 25.9 Å². The highest BCUT2D eigenvalue weighted by Crippen LogP contribution is 2.25. The van der Waals surface area contributed by atoms with Gasteiger partial charge in [0.05, 0.1) is 5.52 Å². The Kier molecular flexibility index (Phi) is 5.85. The second kappa shape index (κ2) is 7.66. The minimum Gasteiger partial charge on any atom is -0.408 e. The molecule has 1 saturated heterocycles. The van der Waals surface area contributed by atoms with E-state index in [1.807, 2.05) is 0 Å². The predicted octanol–water partition coefficient (Wildman–Crippen LogP) is 2.51. The first-order chi connectivity index (χ1) is 10.6. The molecule has 1 fully saturated rings. The van der Waals surface area contributed by atoms with E-state index in [1.54, 1.807) is 18.2 Å². The van der Waals surface area contributed by atoms with Crippen molar-refractivity contribution in [2.45, 2.75) is 26.2 Å². The van der Waals surface area contributed by atoms with E-state index in [0.29, 0.717) is 35.0 Å². The van der Waals surface area contributed by atoms with Gasteiger partial charge in [0, 0.05) is 12.1 Å². The summed E-state index contributed by atoms with van der Waals surface area (Å²) in [7, 11) is 0. The quantitative estimate of drug-likeness (QED) is 0.798. The molecule has 6 nitrogen and oxygen atoms in total. The summed E-state index contributed by atoms with van der Waals surface area (Å²) in [6, 6.07) is 5.14. The molecule has 0 saturated carbocycles. The molecule has 3 rings (SSSR count). The third-order valence-electron chi connectivity index (χ3n) is 4.40. The first-order valence-electron chi connectivity index (χ1n) is 7.75. The molecular weight excluding hydrogens is 318 g/mol. The van der Waals surface area contributed by atoms with Crippen LogP contribution in [0.4, 0.5) is 5.69 Å². The predicted molar refractivity (Wildman–Crippen MR) is 92.1 cm³/mol. The minimum absolute atomic E-state index is 0. The average Bonchev–Trinajstić information content (AvgIpc) is 2.87. The van der Waals surface area contributed by atoms with Crippen molar-refractivity contribution in [3.63, 3.8) is 0 Å². The van der Waals surface area contributed by atoms with Crippen molar-refractivity contribution in [1.29, 1.82) is 0 Å². The number of nitrogens with one attached hydrogen (secondary N) is 3. The lowest BCUT2D eigenvalue weighted by molar-refractivity contribution is -0.117. The first-order valence-corrected chi connectivity index (χ1v) is 7.75. The number of carbonyl (C=O) groups is 1. The number of aromatic nitrogens is 1. The van der Waals surface area contributed by atoms with Crippen LogP contribution >= 0.6 is 12.4 Å². The van der Waals surface area contributed by atoms with Crippen LogP contribution in [-0.4, -0.2) is 24.0 Å². The molecule has 1 aliphatic rings. The SMILES string of the molecule is CC(CC(=O)Nc1ccc2oc(=O)[nH]c2c1)C1CCNCC1.Cl. The van der Waals surface area contributed by atoms with Gasteiger partial charge in [-0.15, -0.1) is 12.4 Å². The third kappa shape index (κ3) is 4.36. The van der Waals surface area contributed by atoms with Gasteiger partial charge in [-0.25, -0.2) is 4.79 Å². The van der Waals surface area contributed by atoms with Crippen LogP contribution in [-0.2, 0) is 4.79 Å². The molecule has 0 spiro atoms. The number of rotatable bonds is 4. The van der Waals surface area contributed by atoms with Gasteiger partial charge < -0.3 is 15.1 Å². The Morgan fingerprint density at radius 2 is 2.13 bits per heavy atom. The number of aromatic amines is 1. The second-order valence-corrected chi connectivity index (χ2v) is 6.04. The fourth-order valence-corrected chi connectivity index (χ4v) is 3.11. The maximum Gasteiger partial charge on any atom is 0.417 e. The summed E-state index contributed by atoms with van der Waals surface area (Å²) in [5.74, 6) is 0.508. The number of halogens is 1. The number of carbonyl (C=O) groups excluding carboxylic acids is 1. The smallest absolute Gasteiger partial charge is 0.408 e. The molecule has 7 heteroatoms. The highest BCUT2D eigenvalue weighted by molar-refractivity contribution is 5.92. The van der Waals surface area contributed by atoms with E-state index in [1.165, 1.54) is 0 Å². The van der Waals surface area contributed by atoms with Crippen LogP contribution in [0.25, 0.3) is 11.1 Å². The zero-order valence-electron chi connectivity index (χ0n) is 13.1. The summed E-state index contributed by atoms with van der Waals surface area (Å²) in [6.07, 6.45) is 2.79. The van der Waals surface area contributed by atoms with Crippen LogP contribution < -0.4 is 16.4 Å². The van der Waals surface area contributed by atoms with E-state index >= 15 is 0 Å². The molecule has 2 aromatic rings. The number of H-pyrrole nitrogens is 1. The number of benzene rings is 1. The van der Waals surface area contributed by atoms with Gasteiger partial charge >= 0.3 is 5.76 Å². The van der Waals surface area contributed by atoms with Crippen LogP contribution in [0.3, 0.4) is 0 Å². The lowest BCUT2D eigenvalue weighted by atomic mass is 9.84. The molecular formula is C16H22ClN3O3. The average molecular weight is 340 g/mol. The monoisotopic (exact) mass is 339 g/mol. The number of hydrogen-bond donors (Lipinski definition) is 3. The molecule has 0 radical (unpaired) electrons. The van der Waals surface area contributed by atoms with Gasteiger partial charge in [-0.05, 0) is 56.0 Å². The molecule has 2 heterocycles. The number of fused-ring (bicyclic) bond motifs is 1. The van der Waals surface area contributed by atoms with Crippen LogP contribution in [0.1, 0.15) is 26.2 Å². The molecule has 0 bridgehead atoms. The van der Waals surface area contributed by atoms with Crippen LogP contribution in [0.5, 0.6) is 0 Å². The normalized spacial score (nSPS) is 16.7. The summed E-state index contributed by atoms with van der Waals surface area (Å²) in [5.41, 5.74) is 1.76. The summed E-state index contributed by atoms with van der Waals surface area (Å²) >= 11 is 0. The molecule has 1 atom stereocenters. The Balaban J connectivity index is 0.00000192. The minimum atomic E-state index is -0.488. The van der Waals surface area contributed by atoms with Crippen molar-refractivity contribution < 1.29 is 9.21 Å². The Morgan fingerprint density at radius 3 is 2.87 bits per heavy atom. The fourth-order valence-electron chi connectivity index (χ4n) is 3.11. The number of piperidine rings is 1. The van der Waals surface area contributed by atoms with Gasteiger partial charge in [-0.2, -0.15) is 0 Å². The summed E-state index contributed by atoms with van der Waals surface area (Å²) in [5, 5.41) is 6.24. The zero-order chi connectivity index (χ0) is 15.5. The van der Waals surface area contributed by atoms with Crippen LogP contribution in [0, 0.1) is 11.8 Å². The van der Waals surface area contributed by atoms with Gasteiger partial charge in [0.2, 0.25) is 5.91 Å². The van der Waals surface area contributed by atoms with Gasteiger partial charge in [-0.3, -0.25) is 9.78 Å². The molecule has 1 aromatic carbocycles. The van der Waals surface area contributed by atoms with E-state index in [9.17, 15) is 9.59 Å². The topological polar surface area (TPSA) is 87.1 Å². The Hall–Kier alpha value is -1.79. The Morgan fingerprint density at radius 1 is 1.39 bits per heavy atom. The van der Waals surface area contributed by atoms with E-state index in [4.69, 9.17) is 4.42 Å². The highest BCUT2D eigenvalue weighted by atomic mass is 35.5. The van der Waals surface area contributed by atoms with Crippen LogP contribution in [0.15, 0.2) is 27.4 Å². The summed E-state index contributed by atoms with van der Waals surface area (Å²) < 4.78 is 4.94. The van der Waals surface area contributed by atoms with Crippen molar-refractivity contribution in [3.05, 3.63) is 28.7 Å². The second-order valence-electron chi connectivity index (χ2n) is 6.04. The summed E-state index contributed by atoms with van der Waals surface area (Å²) in [6.45, 7) is 4.23. The van der Waals surface area contributed by atoms with Gasteiger partial charge in [-0.1, -0.05) is 6.92 Å². The van der Waals surface area contributed by atoms with Gasteiger partial charge in [0.15, 0.2) is 5.58 Å². The fraction of sp³-hybridized carbons (Fsp3) is 0.500. The van der Waals surface area contributed by atoms with E-state index in [2.05, 4.69) is 22.5 Å². The number of hydrogen-bond acceptors (Lipinski definition) is 4. The number of amides is 1. The Bertz CT molecular complexity index is 719. The van der Waals surface area contributed by atoms with Crippen LogP contribution in [0.2, 0.25) is 0 Å². The molecule has 1 amide bonds. The van der Waals surface area contributed by atoms with Crippen molar-refractivity contribution in [1.82, 2.24) is 10.3 Å². The van der Waals surface area contributed by atoms with Gasteiger partial charge in [0.25, 0.3) is 0 Å². The third-order valence-corrected chi connectivity index (χ3v) is 4.40. The maximum atomic E-state index is 12.2. The maximum absolute atomic E-state index is 12.2. The zero-order valence-corrected chi connectivity index (χ0v) is 13.9. The van der Waals surface area contributed by atoms with E-state index in [-0.39, 0.29) is 18.3 Å². The number of anilines is 1. The lowest BCUT2D eigenvalue weighted by Crippen LogP contribution is -2.32. The Labute approximate surface area is 140 Å². The number of oxazole rings is 1. The molecule has 0 aliphatic carbocycles. The van der Waals surface area contributed by atoms with Crippen molar-refractivity contribution >= 4 is 35.1 Å². The standard InChI is InChI=1S/C16H21N3O3.ClH/c1-10(11-4-6-17-7-5-11)8-15(20)18-12-2-3-14-13(9-12)19-16(21)22-14;/h2-3,9-11,17H,4-8H2,1H3,(H,18,20)(H,19,21);1H. The molecule has 1 aliphatic heterocycles.